The van der Waals surface area contributed by atoms with Crippen LogP contribution in [0.5, 0.6) is 0 Å². The van der Waals surface area contributed by atoms with E-state index in [4.69, 9.17) is 5.73 Å². The third-order valence-corrected chi connectivity index (χ3v) is 3.54. The normalized spacial score (nSPS) is 25.4. The van der Waals surface area contributed by atoms with Gasteiger partial charge >= 0.3 is 0 Å². The summed E-state index contributed by atoms with van der Waals surface area (Å²) >= 11 is 0. The van der Waals surface area contributed by atoms with E-state index in [9.17, 15) is 8.42 Å². The molecule has 0 bridgehead atoms. The van der Waals surface area contributed by atoms with Crippen molar-refractivity contribution >= 4 is 40.0 Å². The summed E-state index contributed by atoms with van der Waals surface area (Å²) in [6.45, 7) is 0.663. The Morgan fingerprint density at radius 3 is 2.65 bits per heavy atom. The van der Waals surface area contributed by atoms with E-state index in [1.54, 1.807) is 7.05 Å². The van der Waals surface area contributed by atoms with Crippen LogP contribution in [-0.2, 0) is 10.0 Å². The van der Waals surface area contributed by atoms with Crippen molar-refractivity contribution in [2.45, 2.75) is 25.3 Å². The molecule has 0 aromatic carbocycles. The van der Waals surface area contributed by atoms with Gasteiger partial charge in [0.1, 0.15) is 0 Å². The molecule has 1 aliphatic rings. The summed E-state index contributed by atoms with van der Waals surface area (Å²) in [4.78, 5) is 3.79. The van der Waals surface area contributed by atoms with Gasteiger partial charge < -0.3 is 11.1 Å². The highest BCUT2D eigenvalue weighted by Crippen LogP contribution is 2.25. The molecule has 4 N–H and O–H groups in total. The molecule has 1 fully saturated rings. The van der Waals surface area contributed by atoms with Crippen molar-refractivity contribution in [2.24, 2.45) is 16.6 Å². The molecule has 17 heavy (non-hydrogen) atoms. The maximum atomic E-state index is 11.1. The minimum Gasteiger partial charge on any atom is -0.370 e. The summed E-state index contributed by atoms with van der Waals surface area (Å²) in [7, 11) is -1.51. The van der Waals surface area contributed by atoms with Crippen LogP contribution in [0.25, 0.3) is 0 Å². The van der Waals surface area contributed by atoms with Crippen molar-refractivity contribution in [1.29, 1.82) is 0 Å². The SMILES string of the molecule is CN=C(N)NCC1CCCC1NS(C)(=O)=O.I. The van der Waals surface area contributed by atoms with E-state index in [0.29, 0.717) is 12.5 Å². The van der Waals surface area contributed by atoms with Gasteiger partial charge in [0, 0.05) is 19.6 Å². The Kier molecular flexibility index (Phi) is 7.33. The number of hydrogen-bond donors (Lipinski definition) is 3. The van der Waals surface area contributed by atoms with Crippen LogP contribution in [0.2, 0.25) is 0 Å². The zero-order valence-electron chi connectivity index (χ0n) is 10.1. The minimum atomic E-state index is -3.12. The number of aliphatic imine (C=N–C) groups is 1. The van der Waals surface area contributed by atoms with Crippen LogP contribution in [0.1, 0.15) is 19.3 Å². The molecule has 1 saturated carbocycles. The Hall–Kier alpha value is -0.0900. The first-order valence-electron chi connectivity index (χ1n) is 5.36. The second-order valence-electron chi connectivity index (χ2n) is 4.18. The minimum absolute atomic E-state index is 0. The van der Waals surface area contributed by atoms with Crippen molar-refractivity contribution in [3.8, 4) is 0 Å². The first kappa shape index (κ1) is 16.9. The number of nitrogens with two attached hydrogens (primary N) is 1. The number of guanidine groups is 1. The molecule has 0 heterocycles. The molecule has 2 unspecified atom stereocenters. The standard InChI is InChI=1S/C9H20N4O2S.HI/c1-11-9(10)12-6-7-4-3-5-8(7)13-16(2,14)15;/h7-8,13H,3-6H2,1-2H3,(H3,10,11,12);1H. The summed E-state index contributed by atoms with van der Waals surface area (Å²) < 4.78 is 25.0. The van der Waals surface area contributed by atoms with Gasteiger partial charge in [0.2, 0.25) is 10.0 Å². The molecule has 0 aromatic heterocycles. The number of nitrogens with one attached hydrogen (secondary N) is 2. The highest BCUT2D eigenvalue weighted by atomic mass is 127. The van der Waals surface area contributed by atoms with E-state index in [1.165, 1.54) is 6.26 Å². The van der Waals surface area contributed by atoms with Crippen LogP contribution in [0.4, 0.5) is 0 Å². The molecule has 8 heteroatoms. The molecular formula is C9H21IN4O2S. The van der Waals surface area contributed by atoms with Gasteiger partial charge in [0.15, 0.2) is 5.96 Å². The average molecular weight is 376 g/mol. The van der Waals surface area contributed by atoms with Gasteiger partial charge in [-0.15, -0.1) is 24.0 Å². The molecule has 6 nitrogen and oxygen atoms in total. The topological polar surface area (TPSA) is 96.6 Å². The Morgan fingerprint density at radius 2 is 2.12 bits per heavy atom. The monoisotopic (exact) mass is 376 g/mol. The zero-order valence-corrected chi connectivity index (χ0v) is 13.3. The summed E-state index contributed by atoms with van der Waals surface area (Å²) in [5.41, 5.74) is 5.52. The molecule has 0 saturated heterocycles. The van der Waals surface area contributed by atoms with Crippen LogP contribution in [0, 0.1) is 5.92 Å². The quantitative estimate of drug-likeness (QED) is 0.361. The third kappa shape index (κ3) is 6.41. The average Bonchev–Trinajstić information content (AvgIpc) is 2.59. The van der Waals surface area contributed by atoms with Crippen molar-refractivity contribution in [3.63, 3.8) is 0 Å². The van der Waals surface area contributed by atoms with Gasteiger partial charge in [-0.1, -0.05) is 6.42 Å². The Labute approximate surface area is 120 Å². The fraction of sp³-hybridized carbons (Fsp3) is 0.889. The van der Waals surface area contributed by atoms with Crippen LogP contribution in [0.15, 0.2) is 4.99 Å². The maximum absolute atomic E-state index is 11.1. The third-order valence-electron chi connectivity index (χ3n) is 2.81. The van der Waals surface area contributed by atoms with E-state index >= 15 is 0 Å². The van der Waals surface area contributed by atoms with Gasteiger partial charge in [0.25, 0.3) is 0 Å². The molecule has 1 aliphatic carbocycles. The van der Waals surface area contributed by atoms with Crippen molar-refractivity contribution in [2.75, 3.05) is 19.8 Å². The maximum Gasteiger partial charge on any atom is 0.208 e. The van der Waals surface area contributed by atoms with E-state index in [2.05, 4.69) is 15.0 Å². The van der Waals surface area contributed by atoms with Gasteiger partial charge in [-0.25, -0.2) is 13.1 Å². The summed E-state index contributed by atoms with van der Waals surface area (Å²) in [6, 6.07) is 0.0205. The number of hydrogen-bond acceptors (Lipinski definition) is 3. The molecule has 0 amide bonds. The fourth-order valence-electron chi connectivity index (χ4n) is 2.03. The smallest absolute Gasteiger partial charge is 0.208 e. The lowest BCUT2D eigenvalue weighted by molar-refractivity contribution is 0.440. The summed E-state index contributed by atoms with van der Waals surface area (Å²) in [6.07, 6.45) is 4.14. The zero-order chi connectivity index (χ0) is 12.2. The van der Waals surface area contributed by atoms with Crippen LogP contribution in [-0.4, -0.2) is 40.3 Å². The van der Waals surface area contributed by atoms with E-state index < -0.39 is 10.0 Å². The van der Waals surface area contributed by atoms with E-state index in [0.717, 1.165) is 19.3 Å². The lowest BCUT2D eigenvalue weighted by Crippen LogP contribution is -2.43. The van der Waals surface area contributed by atoms with Crippen molar-refractivity contribution in [3.05, 3.63) is 0 Å². The van der Waals surface area contributed by atoms with Crippen molar-refractivity contribution < 1.29 is 8.42 Å². The molecule has 0 spiro atoms. The first-order chi connectivity index (χ1) is 7.42. The van der Waals surface area contributed by atoms with Gasteiger partial charge in [0.05, 0.1) is 6.26 Å². The van der Waals surface area contributed by atoms with Crippen molar-refractivity contribution in [1.82, 2.24) is 10.0 Å². The highest BCUT2D eigenvalue weighted by molar-refractivity contribution is 14.0. The predicted octanol–water partition coefficient (Wildman–Crippen LogP) is -0.144. The van der Waals surface area contributed by atoms with Crippen LogP contribution < -0.4 is 15.8 Å². The first-order valence-corrected chi connectivity index (χ1v) is 7.25. The number of halogens is 1. The van der Waals surface area contributed by atoms with Crippen LogP contribution >= 0.6 is 24.0 Å². The summed E-state index contributed by atoms with van der Waals surface area (Å²) in [5.74, 6) is 0.681. The van der Waals surface area contributed by atoms with Gasteiger partial charge in [-0.3, -0.25) is 4.99 Å². The second kappa shape index (κ2) is 7.37. The largest absolute Gasteiger partial charge is 0.370 e. The number of nitrogens with zero attached hydrogens (tertiary/aromatic N) is 1. The van der Waals surface area contributed by atoms with Gasteiger partial charge in [-0.05, 0) is 18.8 Å². The molecule has 102 valence electrons. The van der Waals surface area contributed by atoms with E-state index in [1.807, 2.05) is 0 Å². The Bertz CT molecular complexity index is 358. The molecule has 0 radical (unpaired) electrons. The molecule has 0 aromatic rings. The van der Waals surface area contributed by atoms with Gasteiger partial charge in [-0.2, -0.15) is 0 Å². The predicted molar refractivity (Wildman–Crippen MR) is 80.1 cm³/mol. The summed E-state index contributed by atoms with van der Waals surface area (Å²) in [5, 5.41) is 2.98. The number of sulfonamides is 1. The Balaban J connectivity index is 0.00000256. The molecule has 2 atom stereocenters. The highest BCUT2D eigenvalue weighted by Gasteiger charge is 2.29. The Morgan fingerprint density at radius 1 is 1.47 bits per heavy atom. The molecule has 0 aliphatic heterocycles. The number of rotatable bonds is 4. The molecular weight excluding hydrogens is 355 g/mol. The molecule has 1 rings (SSSR count). The lowest BCUT2D eigenvalue weighted by Gasteiger charge is -2.20. The van der Waals surface area contributed by atoms with Crippen LogP contribution in [0.3, 0.4) is 0 Å². The fourth-order valence-corrected chi connectivity index (χ4v) is 2.89. The second-order valence-corrected chi connectivity index (χ2v) is 5.96. The lowest BCUT2D eigenvalue weighted by atomic mass is 10.1. The van der Waals surface area contributed by atoms with E-state index in [-0.39, 0.29) is 35.9 Å².